The molecule has 0 amide bonds. The Kier molecular flexibility index (Phi) is 4.70. The van der Waals surface area contributed by atoms with Crippen molar-refractivity contribution < 1.29 is 13.2 Å². The molecule has 0 bridgehead atoms. The van der Waals surface area contributed by atoms with Gasteiger partial charge in [-0.2, -0.15) is 0 Å². The first-order valence-corrected chi connectivity index (χ1v) is 7.60. The highest BCUT2D eigenvalue weighted by atomic mass is 32.2. The summed E-state index contributed by atoms with van der Waals surface area (Å²) in [5.74, 6) is 5.83. The molecular weight excluding hydrogens is 268 g/mol. The zero-order valence-electron chi connectivity index (χ0n) is 10.5. The number of nitrogens with zero attached hydrogens (tertiary/aromatic N) is 1. The van der Waals surface area contributed by atoms with Crippen LogP contribution in [0.3, 0.4) is 0 Å². The first kappa shape index (κ1) is 14.2. The molecular formula is C11H18N4O3S. The fourth-order valence-electron chi connectivity index (χ4n) is 1.90. The van der Waals surface area contributed by atoms with Gasteiger partial charge in [-0.3, -0.25) is 0 Å². The van der Waals surface area contributed by atoms with E-state index in [4.69, 9.17) is 10.6 Å². The largest absolute Gasteiger partial charge is 0.381 e. The maximum atomic E-state index is 12.0. The first-order chi connectivity index (χ1) is 9.12. The number of aromatic nitrogens is 1. The van der Waals surface area contributed by atoms with Crippen LogP contribution in [0.4, 0.5) is 5.82 Å². The molecule has 0 spiro atoms. The number of pyridine rings is 1. The molecule has 1 aliphatic rings. The average molecular weight is 286 g/mol. The lowest BCUT2D eigenvalue weighted by Crippen LogP contribution is -2.33. The number of hydrazine groups is 1. The molecule has 1 atom stereocenters. The van der Waals surface area contributed by atoms with Crippen LogP contribution in [0.1, 0.15) is 12.8 Å². The lowest BCUT2D eigenvalue weighted by molar-refractivity contribution is 0.0568. The standard InChI is InChI=1S/C11H18N4O3S/c12-15-11-4-3-10(7-13-11)19(16,17)14-6-9-2-1-5-18-8-9/h3-4,7,9,14H,1-2,5-6,8,12H2,(H,13,15). The number of nitrogen functional groups attached to an aromatic ring is 1. The summed E-state index contributed by atoms with van der Waals surface area (Å²) in [6.07, 6.45) is 3.23. The highest BCUT2D eigenvalue weighted by Crippen LogP contribution is 2.14. The number of nitrogens with two attached hydrogens (primary N) is 1. The maximum Gasteiger partial charge on any atom is 0.242 e. The van der Waals surface area contributed by atoms with Gasteiger partial charge in [-0.25, -0.2) is 24.0 Å². The van der Waals surface area contributed by atoms with Gasteiger partial charge in [0.1, 0.15) is 10.7 Å². The maximum absolute atomic E-state index is 12.0. The molecule has 7 nitrogen and oxygen atoms in total. The molecule has 0 aliphatic carbocycles. The number of sulfonamides is 1. The minimum absolute atomic E-state index is 0.128. The van der Waals surface area contributed by atoms with Crippen molar-refractivity contribution in [1.29, 1.82) is 0 Å². The van der Waals surface area contributed by atoms with Gasteiger partial charge in [0.25, 0.3) is 0 Å². The Morgan fingerprint density at radius 1 is 1.47 bits per heavy atom. The topological polar surface area (TPSA) is 106 Å². The Balaban J connectivity index is 1.96. The van der Waals surface area contributed by atoms with Gasteiger partial charge < -0.3 is 10.2 Å². The lowest BCUT2D eigenvalue weighted by Gasteiger charge is -2.22. The van der Waals surface area contributed by atoms with Crippen molar-refractivity contribution in [3.8, 4) is 0 Å². The van der Waals surface area contributed by atoms with Gasteiger partial charge in [0, 0.05) is 19.3 Å². The summed E-state index contributed by atoms with van der Waals surface area (Å²) in [6.45, 7) is 1.76. The van der Waals surface area contributed by atoms with E-state index in [9.17, 15) is 8.42 Å². The molecule has 1 aromatic rings. The van der Waals surface area contributed by atoms with Crippen LogP contribution in [0.5, 0.6) is 0 Å². The number of anilines is 1. The fraction of sp³-hybridized carbons (Fsp3) is 0.545. The second-order valence-corrected chi connectivity index (χ2v) is 6.23. The fourth-order valence-corrected chi connectivity index (χ4v) is 2.96. The molecule has 0 aromatic carbocycles. The SMILES string of the molecule is NNc1ccc(S(=O)(=O)NCC2CCCOC2)cn1. The van der Waals surface area contributed by atoms with Crippen molar-refractivity contribution in [2.24, 2.45) is 11.8 Å². The van der Waals surface area contributed by atoms with Gasteiger partial charge in [0.15, 0.2) is 0 Å². The molecule has 4 N–H and O–H groups in total. The Hall–Kier alpha value is -1.22. The van der Waals surface area contributed by atoms with E-state index in [0.29, 0.717) is 19.0 Å². The Labute approximate surface area is 112 Å². The van der Waals surface area contributed by atoms with Crippen LogP contribution in [0.2, 0.25) is 0 Å². The van der Waals surface area contributed by atoms with Gasteiger partial charge in [-0.05, 0) is 30.9 Å². The summed E-state index contributed by atoms with van der Waals surface area (Å²) in [6, 6.07) is 2.97. The third-order valence-electron chi connectivity index (χ3n) is 3.01. The molecule has 1 unspecified atom stereocenters. The summed E-state index contributed by atoms with van der Waals surface area (Å²) >= 11 is 0. The van der Waals surface area contributed by atoms with Crippen molar-refractivity contribution in [3.63, 3.8) is 0 Å². The molecule has 1 saturated heterocycles. The van der Waals surface area contributed by atoms with E-state index in [1.54, 1.807) is 0 Å². The van der Waals surface area contributed by atoms with E-state index in [1.807, 2.05) is 0 Å². The van der Waals surface area contributed by atoms with Crippen molar-refractivity contribution in [1.82, 2.24) is 9.71 Å². The summed E-state index contributed by atoms with van der Waals surface area (Å²) in [5, 5.41) is 0. The third-order valence-corrected chi connectivity index (χ3v) is 4.42. The normalized spacial score (nSPS) is 20.2. The summed E-state index contributed by atoms with van der Waals surface area (Å²) in [7, 11) is -3.52. The number of hydrogen-bond donors (Lipinski definition) is 3. The zero-order valence-corrected chi connectivity index (χ0v) is 11.3. The predicted octanol–water partition coefficient (Wildman–Crippen LogP) is 0.0721. The number of rotatable bonds is 5. The minimum atomic E-state index is -3.52. The van der Waals surface area contributed by atoms with Crippen LogP contribution in [0.25, 0.3) is 0 Å². The number of hydrogen-bond acceptors (Lipinski definition) is 6. The second-order valence-electron chi connectivity index (χ2n) is 4.46. The Morgan fingerprint density at radius 3 is 2.89 bits per heavy atom. The number of nitrogens with one attached hydrogen (secondary N) is 2. The van der Waals surface area contributed by atoms with E-state index in [0.717, 1.165) is 19.4 Å². The molecule has 106 valence electrons. The van der Waals surface area contributed by atoms with Gasteiger partial charge in [-0.1, -0.05) is 0 Å². The highest BCUT2D eigenvalue weighted by molar-refractivity contribution is 7.89. The third kappa shape index (κ3) is 3.87. The van der Waals surface area contributed by atoms with Crippen molar-refractivity contribution in [2.45, 2.75) is 17.7 Å². The monoisotopic (exact) mass is 286 g/mol. The molecule has 1 fully saturated rings. The zero-order chi connectivity index (χ0) is 13.7. The van der Waals surface area contributed by atoms with Crippen LogP contribution in [-0.2, 0) is 14.8 Å². The summed E-state index contributed by atoms with van der Waals surface area (Å²) in [4.78, 5) is 4.01. The van der Waals surface area contributed by atoms with E-state index in [-0.39, 0.29) is 10.8 Å². The summed E-state index contributed by atoms with van der Waals surface area (Å²) in [5.41, 5.74) is 2.35. The molecule has 1 aromatic heterocycles. The molecule has 19 heavy (non-hydrogen) atoms. The molecule has 0 saturated carbocycles. The predicted molar refractivity (Wildman–Crippen MR) is 70.8 cm³/mol. The smallest absolute Gasteiger partial charge is 0.242 e. The van der Waals surface area contributed by atoms with Gasteiger partial charge >= 0.3 is 0 Å². The lowest BCUT2D eigenvalue weighted by atomic mass is 10.0. The van der Waals surface area contributed by atoms with Crippen LogP contribution in [0.15, 0.2) is 23.2 Å². The average Bonchev–Trinajstić information content (AvgIpc) is 2.46. The van der Waals surface area contributed by atoms with Crippen LogP contribution in [-0.4, -0.2) is 33.2 Å². The molecule has 2 rings (SSSR count). The summed E-state index contributed by atoms with van der Waals surface area (Å²) < 4.78 is 32.0. The van der Waals surface area contributed by atoms with E-state index >= 15 is 0 Å². The van der Waals surface area contributed by atoms with Crippen LogP contribution >= 0.6 is 0 Å². The van der Waals surface area contributed by atoms with E-state index < -0.39 is 10.0 Å². The Bertz CT molecular complexity index is 497. The van der Waals surface area contributed by atoms with E-state index in [2.05, 4.69) is 15.1 Å². The molecule has 1 aliphatic heterocycles. The number of ether oxygens (including phenoxy) is 1. The van der Waals surface area contributed by atoms with Crippen molar-refractivity contribution in [2.75, 3.05) is 25.2 Å². The van der Waals surface area contributed by atoms with Crippen LogP contribution < -0.4 is 16.0 Å². The molecule has 8 heteroatoms. The van der Waals surface area contributed by atoms with Gasteiger partial charge in [-0.15, -0.1) is 0 Å². The molecule has 0 radical (unpaired) electrons. The second kappa shape index (κ2) is 6.29. The quantitative estimate of drug-likeness (QED) is 0.522. The van der Waals surface area contributed by atoms with Crippen LogP contribution in [0, 0.1) is 5.92 Å². The van der Waals surface area contributed by atoms with Crippen molar-refractivity contribution >= 4 is 15.8 Å². The highest BCUT2D eigenvalue weighted by Gasteiger charge is 2.19. The van der Waals surface area contributed by atoms with Crippen molar-refractivity contribution in [3.05, 3.63) is 18.3 Å². The van der Waals surface area contributed by atoms with Gasteiger partial charge in [0.2, 0.25) is 10.0 Å². The Morgan fingerprint density at radius 2 is 2.32 bits per heavy atom. The molecule has 2 heterocycles. The van der Waals surface area contributed by atoms with E-state index in [1.165, 1.54) is 18.3 Å². The first-order valence-electron chi connectivity index (χ1n) is 6.12. The minimum Gasteiger partial charge on any atom is -0.381 e. The van der Waals surface area contributed by atoms with Gasteiger partial charge in [0.05, 0.1) is 6.61 Å².